The zero-order valence-corrected chi connectivity index (χ0v) is 14.4. The predicted molar refractivity (Wildman–Crippen MR) is 91.4 cm³/mol. The first-order valence-electron chi connectivity index (χ1n) is 9.62. The quantitative estimate of drug-likeness (QED) is 0.569. The van der Waals surface area contributed by atoms with Crippen LogP contribution in [0.4, 0.5) is 8.78 Å². The molecule has 1 aromatic rings. The minimum atomic E-state index is -0.469. The van der Waals surface area contributed by atoms with Crippen LogP contribution < -0.4 is 0 Å². The smallest absolute Gasteiger partial charge is 0.129 e. The fourth-order valence-electron chi connectivity index (χ4n) is 5.09. The SMILES string of the molecule is CCCC1CCC(C2CCC(c3ccc(F)cc3F)CC2)CC1. The molecular weight excluding hydrogens is 290 g/mol. The van der Waals surface area contributed by atoms with E-state index < -0.39 is 5.82 Å². The van der Waals surface area contributed by atoms with Crippen LogP contribution in [0.15, 0.2) is 18.2 Å². The summed E-state index contributed by atoms with van der Waals surface area (Å²) in [6.07, 6.45) is 13.0. The van der Waals surface area contributed by atoms with Crippen molar-refractivity contribution < 1.29 is 8.78 Å². The van der Waals surface area contributed by atoms with Gasteiger partial charge < -0.3 is 0 Å². The molecule has 23 heavy (non-hydrogen) atoms. The summed E-state index contributed by atoms with van der Waals surface area (Å²) in [6, 6.07) is 4.10. The molecule has 0 radical (unpaired) electrons. The number of benzene rings is 1. The minimum absolute atomic E-state index is 0.295. The molecular formula is C21H30F2. The van der Waals surface area contributed by atoms with Crippen LogP contribution in [0.5, 0.6) is 0 Å². The summed E-state index contributed by atoms with van der Waals surface area (Å²) in [5, 5.41) is 0. The lowest BCUT2D eigenvalue weighted by molar-refractivity contribution is 0.156. The third kappa shape index (κ3) is 4.14. The first-order chi connectivity index (χ1) is 11.2. The Hall–Kier alpha value is -0.920. The van der Waals surface area contributed by atoms with Crippen LogP contribution in [-0.2, 0) is 0 Å². The van der Waals surface area contributed by atoms with Crippen LogP contribution in [-0.4, -0.2) is 0 Å². The monoisotopic (exact) mass is 320 g/mol. The van der Waals surface area contributed by atoms with Crippen LogP contribution in [0.1, 0.15) is 82.6 Å². The Bertz CT molecular complexity index is 495. The molecule has 0 amide bonds. The van der Waals surface area contributed by atoms with E-state index in [0.717, 1.165) is 42.2 Å². The van der Waals surface area contributed by atoms with Crippen molar-refractivity contribution in [2.75, 3.05) is 0 Å². The molecule has 2 aliphatic carbocycles. The Morgan fingerprint density at radius 2 is 1.48 bits per heavy atom. The van der Waals surface area contributed by atoms with E-state index in [1.807, 2.05) is 0 Å². The second kappa shape index (κ2) is 7.77. The van der Waals surface area contributed by atoms with Crippen molar-refractivity contribution in [2.24, 2.45) is 17.8 Å². The third-order valence-corrected chi connectivity index (χ3v) is 6.43. The molecule has 0 spiro atoms. The fraction of sp³-hybridized carbons (Fsp3) is 0.714. The molecule has 0 nitrogen and oxygen atoms in total. The Labute approximate surface area is 139 Å². The molecule has 1 aromatic carbocycles. The second-order valence-corrected chi connectivity index (χ2v) is 7.85. The number of rotatable bonds is 4. The van der Waals surface area contributed by atoms with Gasteiger partial charge in [-0.1, -0.05) is 38.7 Å². The van der Waals surface area contributed by atoms with Crippen LogP contribution in [0.3, 0.4) is 0 Å². The van der Waals surface area contributed by atoms with E-state index in [1.165, 1.54) is 57.4 Å². The van der Waals surface area contributed by atoms with Gasteiger partial charge in [0.1, 0.15) is 11.6 Å². The summed E-state index contributed by atoms with van der Waals surface area (Å²) in [5.74, 6) is 2.20. The summed E-state index contributed by atoms with van der Waals surface area (Å²) < 4.78 is 27.0. The zero-order chi connectivity index (χ0) is 16.2. The van der Waals surface area contributed by atoms with E-state index in [0.29, 0.717) is 5.92 Å². The van der Waals surface area contributed by atoms with Gasteiger partial charge in [0.25, 0.3) is 0 Å². The maximum Gasteiger partial charge on any atom is 0.129 e. The Balaban J connectivity index is 1.51. The number of halogens is 2. The van der Waals surface area contributed by atoms with Crippen molar-refractivity contribution in [3.63, 3.8) is 0 Å². The summed E-state index contributed by atoms with van der Waals surface area (Å²) in [7, 11) is 0. The van der Waals surface area contributed by atoms with Crippen molar-refractivity contribution in [1.82, 2.24) is 0 Å². The Morgan fingerprint density at radius 3 is 2.04 bits per heavy atom. The van der Waals surface area contributed by atoms with Crippen LogP contribution in [0.2, 0.25) is 0 Å². The van der Waals surface area contributed by atoms with Crippen molar-refractivity contribution in [3.8, 4) is 0 Å². The summed E-state index contributed by atoms with van der Waals surface area (Å²) in [4.78, 5) is 0. The second-order valence-electron chi connectivity index (χ2n) is 7.85. The van der Waals surface area contributed by atoms with Gasteiger partial charge in [-0.25, -0.2) is 8.78 Å². The van der Waals surface area contributed by atoms with Gasteiger partial charge >= 0.3 is 0 Å². The van der Waals surface area contributed by atoms with Gasteiger partial charge in [0.15, 0.2) is 0 Å². The van der Waals surface area contributed by atoms with E-state index in [1.54, 1.807) is 6.07 Å². The molecule has 0 aromatic heterocycles. The average Bonchev–Trinajstić information content (AvgIpc) is 2.56. The highest BCUT2D eigenvalue weighted by molar-refractivity contribution is 5.23. The van der Waals surface area contributed by atoms with E-state index in [2.05, 4.69) is 6.92 Å². The molecule has 3 rings (SSSR count). The minimum Gasteiger partial charge on any atom is -0.207 e. The summed E-state index contributed by atoms with van der Waals surface area (Å²) >= 11 is 0. The highest BCUT2D eigenvalue weighted by Crippen LogP contribution is 2.44. The van der Waals surface area contributed by atoms with Crippen molar-refractivity contribution >= 4 is 0 Å². The molecule has 0 N–H and O–H groups in total. The first kappa shape index (κ1) is 16.9. The number of hydrogen-bond acceptors (Lipinski definition) is 0. The van der Waals surface area contributed by atoms with Gasteiger partial charge in [0, 0.05) is 6.07 Å². The van der Waals surface area contributed by atoms with Gasteiger partial charge in [-0.3, -0.25) is 0 Å². The summed E-state index contributed by atoms with van der Waals surface area (Å²) in [5.41, 5.74) is 0.733. The molecule has 0 bridgehead atoms. The molecule has 2 aliphatic rings. The van der Waals surface area contributed by atoms with E-state index in [4.69, 9.17) is 0 Å². The first-order valence-corrected chi connectivity index (χ1v) is 9.62. The predicted octanol–water partition coefficient (Wildman–Crippen LogP) is 6.85. The molecule has 2 saturated carbocycles. The van der Waals surface area contributed by atoms with E-state index >= 15 is 0 Å². The largest absolute Gasteiger partial charge is 0.207 e. The lowest BCUT2D eigenvalue weighted by atomic mass is 9.68. The molecule has 2 fully saturated rings. The highest BCUT2D eigenvalue weighted by Gasteiger charge is 2.31. The van der Waals surface area contributed by atoms with Crippen LogP contribution in [0.25, 0.3) is 0 Å². The van der Waals surface area contributed by atoms with Crippen molar-refractivity contribution in [1.29, 1.82) is 0 Å². The van der Waals surface area contributed by atoms with Gasteiger partial charge in [-0.2, -0.15) is 0 Å². The average molecular weight is 320 g/mol. The van der Waals surface area contributed by atoms with Gasteiger partial charge in [-0.15, -0.1) is 0 Å². The van der Waals surface area contributed by atoms with Crippen LogP contribution >= 0.6 is 0 Å². The molecule has 0 heterocycles. The molecule has 2 heteroatoms. The third-order valence-electron chi connectivity index (χ3n) is 6.43. The van der Waals surface area contributed by atoms with Gasteiger partial charge in [-0.05, 0) is 73.8 Å². The highest BCUT2D eigenvalue weighted by atomic mass is 19.1. The lowest BCUT2D eigenvalue weighted by Gasteiger charge is -2.38. The van der Waals surface area contributed by atoms with Crippen molar-refractivity contribution in [3.05, 3.63) is 35.4 Å². The maximum absolute atomic E-state index is 14.0. The normalized spacial score (nSPS) is 32.0. The molecule has 0 atom stereocenters. The maximum atomic E-state index is 14.0. The molecule has 128 valence electrons. The van der Waals surface area contributed by atoms with Gasteiger partial charge in [0.2, 0.25) is 0 Å². The number of hydrogen-bond donors (Lipinski definition) is 0. The summed E-state index contributed by atoms with van der Waals surface area (Å²) in [6.45, 7) is 2.29. The Morgan fingerprint density at radius 1 is 0.870 bits per heavy atom. The fourth-order valence-corrected chi connectivity index (χ4v) is 5.09. The van der Waals surface area contributed by atoms with E-state index in [9.17, 15) is 8.78 Å². The Kier molecular flexibility index (Phi) is 5.71. The molecule has 0 aliphatic heterocycles. The standard InChI is InChI=1S/C21H30F2/c1-2-3-15-4-6-16(7-5-15)17-8-10-18(11-9-17)20-13-12-19(22)14-21(20)23/h12-18H,2-11H2,1H3. The van der Waals surface area contributed by atoms with Crippen molar-refractivity contribution in [2.45, 2.75) is 77.0 Å². The zero-order valence-electron chi connectivity index (χ0n) is 14.4. The molecule has 0 unspecified atom stereocenters. The molecule has 0 saturated heterocycles. The topological polar surface area (TPSA) is 0 Å². The van der Waals surface area contributed by atoms with Gasteiger partial charge in [0.05, 0.1) is 0 Å². The van der Waals surface area contributed by atoms with E-state index in [-0.39, 0.29) is 5.82 Å². The van der Waals surface area contributed by atoms with Crippen LogP contribution in [0, 0.1) is 29.4 Å². The lowest BCUT2D eigenvalue weighted by Crippen LogP contribution is -2.25.